The molecule has 0 aliphatic rings. The second-order valence-corrected chi connectivity index (χ2v) is 5.07. The van der Waals surface area contributed by atoms with Gasteiger partial charge in [0.25, 0.3) is 0 Å². The summed E-state index contributed by atoms with van der Waals surface area (Å²) in [5, 5.41) is 0. The molecule has 1 aromatic rings. The Labute approximate surface area is 108 Å². The lowest BCUT2D eigenvalue weighted by atomic mass is 9.89. The molecule has 0 spiro atoms. The van der Waals surface area contributed by atoms with Crippen LogP contribution < -0.4 is 0 Å². The molecule has 0 radical (unpaired) electrons. The fraction of sp³-hybridized carbons (Fsp3) is 0.467. The number of rotatable bonds is 4. The fourth-order valence-corrected chi connectivity index (χ4v) is 1.94. The van der Waals surface area contributed by atoms with Crippen LogP contribution in [0.5, 0.6) is 0 Å². The number of nitrogens with zero attached hydrogens (tertiary/aromatic N) is 1. The first-order valence-electron chi connectivity index (χ1n) is 6.15. The third-order valence-electron chi connectivity index (χ3n) is 2.98. The molecule has 0 heterocycles. The van der Waals surface area contributed by atoms with Crippen LogP contribution in [0.4, 0.5) is 5.69 Å². The molecule has 0 fully saturated rings. The summed E-state index contributed by atoms with van der Waals surface area (Å²) in [5.74, 6) is 0.434. The summed E-state index contributed by atoms with van der Waals surface area (Å²) < 4.78 is 0. The highest BCUT2D eigenvalue weighted by Gasteiger charge is 2.16. The highest BCUT2D eigenvalue weighted by Crippen LogP contribution is 2.35. The molecule has 96 valence electrons. The molecule has 0 saturated carbocycles. The summed E-state index contributed by atoms with van der Waals surface area (Å²) in [6.07, 6.45) is 1.61. The van der Waals surface area contributed by atoms with Gasteiger partial charge in [-0.3, -0.25) is 4.79 Å². The summed E-state index contributed by atoms with van der Waals surface area (Å²) in [4.78, 5) is 26.0. The van der Waals surface area contributed by atoms with Gasteiger partial charge in [0, 0.05) is 5.56 Å². The van der Waals surface area contributed by atoms with E-state index in [9.17, 15) is 9.59 Å². The van der Waals surface area contributed by atoms with Crippen LogP contribution in [0.2, 0.25) is 0 Å². The lowest BCUT2D eigenvalue weighted by molar-refractivity contribution is 0.101. The lowest BCUT2D eigenvalue weighted by Crippen LogP contribution is -2.01. The number of ketones is 1. The molecule has 0 bridgehead atoms. The summed E-state index contributed by atoms with van der Waals surface area (Å²) in [6, 6.07) is 3.66. The Hall–Kier alpha value is -1.73. The highest BCUT2D eigenvalue weighted by atomic mass is 16.1. The molecule has 0 atom stereocenters. The summed E-state index contributed by atoms with van der Waals surface area (Å²) in [5.41, 5.74) is 3.19. The van der Waals surface area contributed by atoms with Gasteiger partial charge in [0.2, 0.25) is 6.08 Å². The van der Waals surface area contributed by atoms with Crippen LogP contribution in [0, 0.1) is 0 Å². The third-order valence-corrected chi connectivity index (χ3v) is 2.98. The molecule has 0 aliphatic heterocycles. The van der Waals surface area contributed by atoms with Crippen molar-refractivity contribution in [2.24, 2.45) is 4.99 Å². The van der Waals surface area contributed by atoms with Crippen molar-refractivity contribution >= 4 is 17.6 Å². The summed E-state index contributed by atoms with van der Waals surface area (Å²) >= 11 is 0. The van der Waals surface area contributed by atoms with E-state index >= 15 is 0 Å². The van der Waals surface area contributed by atoms with E-state index in [0.29, 0.717) is 11.3 Å². The van der Waals surface area contributed by atoms with Crippen LogP contribution in [0.3, 0.4) is 0 Å². The second kappa shape index (κ2) is 5.74. The quantitative estimate of drug-likeness (QED) is 0.455. The van der Waals surface area contributed by atoms with Gasteiger partial charge in [0.05, 0.1) is 5.69 Å². The van der Waals surface area contributed by atoms with Crippen molar-refractivity contribution in [2.45, 2.75) is 46.5 Å². The Morgan fingerprint density at radius 2 is 1.56 bits per heavy atom. The minimum Gasteiger partial charge on any atom is -0.295 e. The first-order valence-corrected chi connectivity index (χ1v) is 6.15. The van der Waals surface area contributed by atoms with Gasteiger partial charge in [0.15, 0.2) is 5.78 Å². The van der Waals surface area contributed by atoms with E-state index in [4.69, 9.17) is 0 Å². The van der Waals surface area contributed by atoms with Crippen LogP contribution in [-0.4, -0.2) is 11.9 Å². The first-order chi connectivity index (χ1) is 8.38. The topological polar surface area (TPSA) is 46.5 Å². The molecular formula is C15H19NO2. The largest absolute Gasteiger partial charge is 0.295 e. The molecule has 0 saturated heterocycles. The number of carbonyl (C=O) groups excluding carboxylic acids is 2. The molecule has 0 aromatic heterocycles. The smallest absolute Gasteiger partial charge is 0.240 e. The fourth-order valence-electron chi connectivity index (χ4n) is 1.94. The van der Waals surface area contributed by atoms with Crippen molar-refractivity contribution in [1.29, 1.82) is 0 Å². The van der Waals surface area contributed by atoms with Gasteiger partial charge in [0.1, 0.15) is 0 Å². The maximum absolute atomic E-state index is 11.6. The molecule has 3 heteroatoms. The number of isocyanates is 1. The normalized spacial score (nSPS) is 10.6. The van der Waals surface area contributed by atoms with E-state index in [1.165, 1.54) is 0 Å². The van der Waals surface area contributed by atoms with Crippen molar-refractivity contribution < 1.29 is 9.59 Å². The average Bonchev–Trinajstić information content (AvgIpc) is 2.28. The molecule has 0 aliphatic carbocycles. The Morgan fingerprint density at radius 1 is 1.11 bits per heavy atom. The van der Waals surface area contributed by atoms with Gasteiger partial charge in [-0.1, -0.05) is 27.7 Å². The second-order valence-electron chi connectivity index (χ2n) is 5.07. The van der Waals surface area contributed by atoms with Gasteiger partial charge in [-0.2, -0.15) is 4.99 Å². The number of benzene rings is 1. The highest BCUT2D eigenvalue weighted by molar-refractivity contribution is 5.95. The Balaban J connectivity index is 3.64. The number of aliphatic imine (C=N–C) groups is 1. The number of hydrogen-bond donors (Lipinski definition) is 0. The van der Waals surface area contributed by atoms with Crippen LogP contribution in [0.1, 0.15) is 67.9 Å². The van der Waals surface area contributed by atoms with Gasteiger partial charge in [-0.15, -0.1) is 0 Å². The van der Waals surface area contributed by atoms with Gasteiger partial charge >= 0.3 is 0 Å². The molecule has 0 N–H and O–H groups in total. The van der Waals surface area contributed by atoms with Crippen LogP contribution in [0.15, 0.2) is 17.1 Å². The van der Waals surface area contributed by atoms with E-state index in [1.54, 1.807) is 13.0 Å². The zero-order valence-corrected chi connectivity index (χ0v) is 11.6. The van der Waals surface area contributed by atoms with E-state index in [2.05, 4.69) is 4.99 Å². The van der Waals surface area contributed by atoms with Crippen molar-refractivity contribution in [2.75, 3.05) is 0 Å². The molecule has 0 unspecified atom stereocenters. The number of Topliss-reactive ketones (excluding diaryl/α,β-unsaturated/α-hetero) is 1. The molecular weight excluding hydrogens is 226 g/mol. The summed E-state index contributed by atoms with van der Waals surface area (Å²) in [6.45, 7) is 9.63. The van der Waals surface area contributed by atoms with E-state index < -0.39 is 0 Å². The molecule has 3 nitrogen and oxygen atoms in total. The molecule has 0 amide bonds. The lowest BCUT2D eigenvalue weighted by Gasteiger charge is -2.17. The van der Waals surface area contributed by atoms with E-state index in [1.807, 2.05) is 39.8 Å². The summed E-state index contributed by atoms with van der Waals surface area (Å²) in [7, 11) is 0. The zero-order chi connectivity index (χ0) is 13.9. The van der Waals surface area contributed by atoms with E-state index in [0.717, 1.165) is 11.1 Å². The maximum atomic E-state index is 11.6. The van der Waals surface area contributed by atoms with E-state index in [-0.39, 0.29) is 17.6 Å². The monoisotopic (exact) mass is 245 g/mol. The third kappa shape index (κ3) is 2.93. The maximum Gasteiger partial charge on any atom is 0.240 e. The Bertz CT molecular complexity index is 480. The zero-order valence-electron chi connectivity index (χ0n) is 11.6. The molecule has 1 aromatic carbocycles. The standard InChI is InChI=1S/C15H19NO2/c1-9(2)13-6-12(11(5)18)7-14(10(3)4)15(13)16-8-17/h6-7,9-10H,1-5H3. The average molecular weight is 245 g/mol. The Kier molecular flexibility index (Phi) is 4.57. The van der Waals surface area contributed by atoms with Crippen LogP contribution in [-0.2, 0) is 4.79 Å². The SMILES string of the molecule is CC(=O)c1cc(C(C)C)c(N=C=O)c(C(C)C)c1. The minimum absolute atomic E-state index is 0.0282. The van der Waals surface area contributed by atoms with Crippen molar-refractivity contribution in [3.05, 3.63) is 28.8 Å². The predicted molar refractivity (Wildman–Crippen MR) is 72.4 cm³/mol. The van der Waals surface area contributed by atoms with Gasteiger partial charge in [-0.25, -0.2) is 4.79 Å². The van der Waals surface area contributed by atoms with Gasteiger partial charge < -0.3 is 0 Å². The Morgan fingerprint density at radius 3 is 1.83 bits per heavy atom. The van der Waals surface area contributed by atoms with Crippen molar-refractivity contribution in [3.63, 3.8) is 0 Å². The van der Waals surface area contributed by atoms with Crippen LogP contribution in [0.25, 0.3) is 0 Å². The number of hydrogen-bond acceptors (Lipinski definition) is 3. The van der Waals surface area contributed by atoms with Crippen molar-refractivity contribution in [1.82, 2.24) is 0 Å². The number of carbonyl (C=O) groups is 1. The predicted octanol–water partition coefficient (Wildman–Crippen LogP) is 4.10. The molecule has 18 heavy (non-hydrogen) atoms. The first kappa shape index (κ1) is 14.3. The molecule has 1 rings (SSSR count). The van der Waals surface area contributed by atoms with Crippen LogP contribution >= 0.6 is 0 Å². The van der Waals surface area contributed by atoms with Crippen molar-refractivity contribution in [3.8, 4) is 0 Å². The van der Waals surface area contributed by atoms with Gasteiger partial charge in [-0.05, 0) is 42.0 Å². The minimum atomic E-state index is 0.0282.